The SMILES string of the molecule is Brc1cccnc1.Cc1ccc(-c2cccnc2)cc1.Cc1ccc(B(O)O)cc1. The Morgan fingerprint density at radius 1 is 0.667 bits per heavy atom. The van der Waals surface area contributed by atoms with E-state index in [1.165, 1.54) is 16.7 Å². The predicted octanol–water partition coefficient (Wildman–Crippen LogP) is 4.58. The lowest BCUT2D eigenvalue weighted by Crippen LogP contribution is -2.29. The second kappa shape index (κ2) is 12.7. The van der Waals surface area contributed by atoms with Crippen molar-refractivity contribution in [2.24, 2.45) is 0 Å². The molecule has 0 aliphatic heterocycles. The highest BCUT2D eigenvalue weighted by Crippen LogP contribution is 2.17. The van der Waals surface area contributed by atoms with Crippen molar-refractivity contribution in [3.63, 3.8) is 0 Å². The average Bonchev–Trinajstić information content (AvgIpc) is 2.77. The lowest BCUT2D eigenvalue weighted by Gasteiger charge is -2.00. The van der Waals surface area contributed by atoms with Gasteiger partial charge in [0.15, 0.2) is 0 Å². The smallest absolute Gasteiger partial charge is 0.423 e. The Labute approximate surface area is 186 Å². The standard InChI is InChI=1S/C12H11N.C7H9BO2.C5H4BrN/c1-10-4-6-11(7-5-10)12-3-2-8-13-9-12;1-6-2-4-7(5-3-6)8(9)10;6-5-2-1-3-7-4-5/h2-9H,1H3;2-5,9-10H,1H3;1-4H. The first-order valence-corrected chi connectivity index (χ1v) is 10.2. The highest BCUT2D eigenvalue weighted by Gasteiger charge is 2.08. The number of hydrogen-bond acceptors (Lipinski definition) is 4. The third kappa shape index (κ3) is 8.70. The number of aromatic nitrogens is 2. The van der Waals surface area contributed by atoms with Crippen LogP contribution < -0.4 is 5.46 Å². The Morgan fingerprint density at radius 3 is 1.60 bits per heavy atom. The fraction of sp³-hybridized carbons (Fsp3) is 0.0833. The van der Waals surface area contributed by atoms with Gasteiger partial charge in [0.25, 0.3) is 0 Å². The lowest BCUT2D eigenvalue weighted by molar-refractivity contribution is 0.426. The monoisotopic (exact) mass is 462 g/mol. The number of hydrogen-bond donors (Lipinski definition) is 2. The Hall–Kier alpha value is -2.80. The minimum atomic E-state index is -1.35. The summed E-state index contributed by atoms with van der Waals surface area (Å²) in [5.74, 6) is 0. The largest absolute Gasteiger partial charge is 0.488 e. The highest BCUT2D eigenvalue weighted by atomic mass is 79.9. The number of benzene rings is 2. The van der Waals surface area contributed by atoms with Gasteiger partial charge in [-0.1, -0.05) is 65.7 Å². The van der Waals surface area contributed by atoms with Crippen LogP contribution in [0, 0.1) is 13.8 Å². The van der Waals surface area contributed by atoms with Crippen molar-refractivity contribution < 1.29 is 10.0 Å². The summed E-state index contributed by atoms with van der Waals surface area (Å²) >= 11 is 3.25. The van der Waals surface area contributed by atoms with E-state index >= 15 is 0 Å². The van der Waals surface area contributed by atoms with E-state index in [1.807, 2.05) is 43.5 Å². The van der Waals surface area contributed by atoms with Crippen molar-refractivity contribution in [3.05, 3.63) is 113 Å². The second-order valence-corrected chi connectivity index (χ2v) is 7.48. The Morgan fingerprint density at radius 2 is 1.20 bits per heavy atom. The molecule has 152 valence electrons. The first kappa shape index (κ1) is 23.5. The van der Waals surface area contributed by atoms with Gasteiger partial charge in [-0.2, -0.15) is 0 Å². The Bertz CT molecular complexity index is 981. The van der Waals surface area contributed by atoms with Crippen molar-refractivity contribution >= 4 is 28.5 Å². The normalized spacial score (nSPS) is 9.50. The van der Waals surface area contributed by atoms with Crippen molar-refractivity contribution in [3.8, 4) is 11.1 Å². The van der Waals surface area contributed by atoms with Crippen molar-refractivity contribution in [2.75, 3.05) is 0 Å². The summed E-state index contributed by atoms with van der Waals surface area (Å²) in [6, 6.07) is 23.4. The third-order valence-electron chi connectivity index (χ3n) is 4.05. The zero-order valence-electron chi connectivity index (χ0n) is 17.0. The molecule has 0 aliphatic carbocycles. The van der Waals surface area contributed by atoms with Crippen molar-refractivity contribution in [2.45, 2.75) is 13.8 Å². The summed E-state index contributed by atoms with van der Waals surface area (Å²) in [6.07, 6.45) is 7.16. The fourth-order valence-electron chi connectivity index (χ4n) is 2.36. The van der Waals surface area contributed by atoms with Crippen LogP contribution in [0.15, 0.2) is 102 Å². The van der Waals surface area contributed by atoms with Crippen LogP contribution in [0.1, 0.15) is 11.1 Å². The highest BCUT2D eigenvalue weighted by molar-refractivity contribution is 9.10. The van der Waals surface area contributed by atoms with Gasteiger partial charge in [0.1, 0.15) is 0 Å². The van der Waals surface area contributed by atoms with Crippen LogP contribution in [0.2, 0.25) is 0 Å². The predicted molar refractivity (Wildman–Crippen MR) is 127 cm³/mol. The molecule has 30 heavy (non-hydrogen) atoms. The van der Waals surface area contributed by atoms with Crippen LogP contribution in [0.5, 0.6) is 0 Å². The van der Waals surface area contributed by atoms with Gasteiger partial charge in [0.2, 0.25) is 0 Å². The molecule has 0 radical (unpaired) electrons. The number of aryl methyl sites for hydroxylation is 2. The van der Waals surface area contributed by atoms with Crippen LogP contribution in [0.3, 0.4) is 0 Å². The first-order valence-electron chi connectivity index (χ1n) is 9.41. The fourth-order valence-corrected chi connectivity index (χ4v) is 2.63. The minimum Gasteiger partial charge on any atom is -0.423 e. The van der Waals surface area contributed by atoms with E-state index in [-0.39, 0.29) is 0 Å². The maximum absolute atomic E-state index is 8.67. The second-order valence-electron chi connectivity index (χ2n) is 6.56. The van der Waals surface area contributed by atoms with E-state index in [0.717, 1.165) is 10.0 Å². The van der Waals surface area contributed by atoms with E-state index in [4.69, 9.17) is 10.0 Å². The molecule has 0 saturated heterocycles. The summed E-state index contributed by atoms with van der Waals surface area (Å²) in [4.78, 5) is 7.92. The Balaban J connectivity index is 0.000000168. The zero-order valence-corrected chi connectivity index (χ0v) is 18.6. The average molecular weight is 463 g/mol. The minimum absolute atomic E-state index is 0.533. The molecule has 4 rings (SSSR count). The molecule has 0 unspecified atom stereocenters. The molecule has 0 amide bonds. The maximum atomic E-state index is 8.67. The van der Waals surface area contributed by atoms with Gasteiger partial charge in [0.05, 0.1) is 0 Å². The molecule has 2 heterocycles. The molecular formula is C24H24BBrN2O2. The van der Waals surface area contributed by atoms with E-state index < -0.39 is 7.12 Å². The molecule has 4 nitrogen and oxygen atoms in total. The summed E-state index contributed by atoms with van der Waals surface area (Å²) in [5, 5.41) is 17.3. The van der Waals surface area contributed by atoms with E-state index in [9.17, 15) is 0 Å². The van der Waals surface area contributed by atoms with Gasteiger partial charge < -0.3 is 10.0 Å². The number of nitrogens with zero attached hydrogens (tertiary/aromatic N) is 2. The third-order valence-corrected chi connectivity index (χ3v) is 4.52. The first-order chi connectivity index (χ1) is 14.5. The summed E-state index contributed by atoms with van der Waals surface area (Å²) in [7, 11) is -1.35. The summed E-state index contributed by atoms with van der Waals surface area (Å²) < 4.78 is 1.02. The van der Waals surface area contributed by atoms with Crippen LogP contribution in [-0.2, 0) is 0 Å². The van der Waals surface area contributed by atoms with Crippen LogP contribution >= 0.6 is 15.9 Å². The van der Waals surface area contributed by atoms with E-state index in [0.29, 0.717) is 5.46 Å². The molecule has 2 N–H and O–H groups in total. The van der Waals surface area contributed by atoms with Crippen molar-refractivity contribution in [1.82, 2.24) is 9.97 Å². The van der Waals surface area contributed by atoms with Gasteiger partial charge >= 0.3 is 7.12 Å². The molecule has 0 fully saturated rings. The van der Waals surface area contributed by atoms with E-state index in [1.54, 1.807) is 30.7 Å². The van der Waals surface area contributed by atoms with Crippen LogP contribution in [0.25, 0.3) is 11.1 Å². The van der Waals surface area contributed by atoms with Gasteiger partial charge in [-0.05, 0) is 64.6 Å². The van der Waals surface area contributed by atoms with Gasteiger partial charge in [-0.15, -0.1) is 0 Å². The molecule has 2 aromatic carbocycles. The summed E-state index contributed by atoms with van der Waals surface area (Å²) in [5.41, 5.74) is 5.32. The van der Waals surface area contributed by atoms with Crippen LogP contribution in [0.4, 0.5) is 0 Å². The molecule has 2 aromatic heterocycles. The molecule has 0 atom stereocenters. The number of rotatable bonds is 2. The molecule has 6 heteroatoms. The topological polar surface area (TPSA) is 66.2 Å². The number of pyridine rings is 2. The maximum Gasteiger partial charge on any atom is 0.488 e. The molecule has 0 spiro atoms. The number of halogens is 1. The molecule has 0 aliphatic rings. The molecular weight excluding hydrogens is 439 g/mol. The van der Waals surface area contributed by atoms with Gasteiger partial charge in [-0.25, -0.2) is 0 Å². The van der Waals surface area contributed by atoms with Gasteiger partial charge in [0, 0.05) is 29.3 Å². The summed E-state index contributed by atoms with van der Waals surface area (Å²) in [6.45, 7) is 4.04. The lowest BCUT2D eigenvalue weighted by atomic mass is 9.80. The van der Waals surface area contributed by atoms with E-state index in [2.05, 4.69) is 63.2 Å². The Kier molecular flexibility index (Phi) is 9.94. The quantitative estimate of drug-likeness (QED) is 0.428. The van der Waals surface area contributed by atoms with Crippen LogP contribution in [-0.4, -0.2) is 27.1 Å². The zero-order chi connectivity index (χ0) is 21.8. The molecule has 0 bridgehead atoms. The van der Waals surface area contributed by atoms with Crippen molar-refractivity contribution in [1.29, 1.82) is 0 Å². The van der Waals surface area contributed by atoms with Gasteiger partial charge in [-0.3, -0.25) is 9.97 Å². The molecule has 4 aromatic rings. The molecule has 0 saturated carbocycles.